The first-order valence-electron chi connectivity index (χ1n) is 5.60. The van der Waals surface area contributed by atoms with E-state index in [-0.39, 0.29) is 12.6 Å². The topological polar surface area (TPSA) is 58.6 Å². The molecule has 5 nitrogen and oxygen atoms in total. The number of fused-ring (bicyclic) bond motifs is 1. The molecule has 1 aliphatic heterocycles. The van der Waals surface area contributed by atoms with E-state index < -0.39 is 5.97 Å². The van der Waals surface area contributed by atoms with Gasteiger partial charge in [0, 0.05) is 15.7 Å². The molecule has 1 aliphatic rings. The van der Waals surface area contributed by atoms with Gasteiger partial charge in [-0.1, -0.05) is 22.0 Å². The number of nitrogens with zero attached hydrogens (tertiary/aromatic N) is 1. The summed E-state index contributed by atoms with van der Waals surface area (Å²) >= 11 is 3.43. The summed E-state index contributed by atoms with van der Waals surface area (Å²) in [6, 6.07) is 5.30. The van der Waals surface area contributed by atoms with E-state index in [9.17, 15) is 9.59 Å². The Bertz CT molecular complexity index is 490. The number of carbonyl (C=O) groups excluding carboxylic acids is 2. The van der Waals surface area contributed by atoms with Gasteiger partial charge < -0.3 is 15.0 Å². The predicted molar refractivity (Wildman–Crippen MR) is 70.2 cm³/mol. The summed E-state index contributed by atoms with van der Waals surface area (Å²) in [5, 5.41) is 2.75. The van der Waals surface area contributed by atoms with Crippen LogP contribution in [-0.2, 0) is 16.1 Å². The molecule has 0 saturated heterocycles. The van der Waals surface area contributed by atoms with Gasteiger partial charge in [-0.2, -0.15) is 0 Å². The van der Waals surface area contributed by atoms with E-state index in [1.165, 1.54) is 4.90 Å². The van der Waals surface area contributed by atoms with Crippen molar-refractivity contribution in [3.8, 4) is 0 Å². The molecule has 6 heteroatoms. The number of nitrogens with one attached hydrogen (secondary N) is 1. The summed E-state index contributed by atoms with van der Waals surface area (Å²) < 4.78 is 5.75. The Hall–Kier alpha value is -1.56. The SMILES string of the molecule is CCOC(=O)CN1Cc2c(Br)cccc2NC1=O. The molecule has 1 heterocycles. The largest absolute Gasteiger partial charge is 0.465 e. The van der Waals surface area contributed by atoms with Crippen molar-refractivity contribution in [3.63, 3.8) is 0 Å². The number of benzene rings is 1. The molecule has 1 N–H and O–H groups in total. The Morgan fingerprint density at radius 3 is 3.06 bits per heavy atom. The summed E-state index contributed by atoms with van der Waals surface area (Å²) in [4.78, 5) is 24.6. The van der Waals surface area contributed by atoms with Crippen molar-refractivity contribution in [2.45, 2.75) is 13.5 Å². The average molecular weight is 313 g/mol. The van der Waals surface area contributed by atoms with Gasteiger partial charge in [-0.05, 0) is 19.1 Å². The van der Waals surface area contributed by atoms with Crippen molar-refractivity contribution in [3.05, 3.63) is 28.2 Å². The van der Waals surface area contributed by atoms with Crippen LogP contribution >= 0.6 is 15.9 Å². The maximum absolute atomic E-state index is 11.8. The molecule has 0 fully saturated rings. The fourth-order valence-electron chi connectivity index (χ4n) is 1.78. The van der Waals surface area contributed by atoms with Crippen molar-refractivity contribution >= 4 is 33.6 Å². The van der Waals surface area contributed by atoms with Crippen LogP contribution in [0.25, 0.3) is 0 Å². The van der Waals surface area contributed by atoms with Crippen LogP contribution in [0.2, 0.25) is 0 Å². The van der Waals surface area contributed by atoms with Crippen molar-refractivity contribution in [2.75, 3.05) is 18.5 Å². The standard InChI is InChI=1S/C12H13BrN2O3/c1-2-18-11(16)7-15-6-8-9(13)4-3-5-10(8)14-12(15)17/h3-5H,2,6-7H2,1H3,(H,14,17). The lowest BCUT2D eigenvalue weighted by molar-refractivity contribution is -0.143. The lowest BCUT2D eigenvalue weighted by Gasteiger charge is -2.29. The first kappa shape index (κ1) is 12.9. The molecular formula is C12H13BrN2O3. The Labute approximate surface area is 113 Å². The van der Waals surface area contributed by atoms with Gasteiger partial charge in [-0.15, -0.1) is 0 Å². The number of hydrogen-bond donors (Lipinski definition) is 1. The molecule has 2 rings (SSSR count). The van der Waals surface area contributed by atoms with Crippen LogP contribution in [0.3, 0.4) is 0 Å². The van der Waals surface area contributed by atoms with Gasteiger partial charge >= 0.3 is 12.0 Å². The first-order chi connectivity index (χ1) is 8.61. The third kappa shape index (κ3) is 2.64. The number of anilines is 1. The number of amides is 2. The third-order valence-electron chi connectivity index (χ3n) is 2.62. The molecule has 18 heavy (non-hydrogen) atoms. The minimum atomic E-state index is -0.400. The molecule has 0 aromatic heterocycles. The number of ether oxygens (including phenoxy) is 1. The highest BCUT2D eigenvalue weighted by atomic mass is 79.9. The van der Waals surface area contributed by atoms with E-state index in [0.29, 0.717) is 13.2 Å². The zero-order chi connectivity index (χ0) is 13.1. The lowest BCUT2D eigenvalue weighted by atomic mass is 10.1. The van der Waals surface area contributed by atoms with Crippen LogP contribution in [0.15, 0.2) is 22.7 Å². The molecular weight excluding hydrogens is 300 g/mol. The molecule has 0 atom stereocenters. The predicted octanol–water partition coefficient (Wildman–Crippen LogP) is 2.36. The highest BCUT2D eigenvalue weighted by molar-refractivity contribution is 9.10. The average Bonchev–Trinajstić information content (AvgIpc) is 2.31. The van der Waals surface area contributed by atoms with Crippen molar-refractivity contribution in [1.82, 2.24) is 4.90 Å². The Morgan fingerprint density at radius 2 is 2.33 bits per heavy atom. The summed E-state index contributed by atoms with van der Waals surface area (Å²) in [7, 11) is 0. The minimum Gasteiger partial charge on any atom is -0.465 e. The second-order valence-corrected chi connectivity index (χ2v) is 4.71. The number of rotatable bonds is 3. The van der Waals surface area contributed by atoms with Crippen LogP contribution in [0.5, 0.6) is 0 Å². The van der Waals surface area contributed by atoms with E-state index in [1.54, 1.807) is 6.92 Å². The van der Waals surface area contributed by atoms with E-state index in [0.717, 1.165) is 15.7 Å². The van der Waals surface area contributed by atoms with Crippen molar-refractivity contribution < 1.29 is 14.3 Å². The normalized spacial score (nSPS) is 13.9. The van der Waals surface area contributed by atoms with Crippen molar-refractivity contribution in [1.29, 1.82) is 0 Å². The highest BCUT2D eigenvalue weighted by Gasteiger charge is 2.25. The van der Waals surface area contributed by atoms with Crippen LogP contribution in [-0.4, -0.2) is 30.1 Å². The maximum Gasteiger partial charge on any atom is 0.325 e. The zero-order valence-electron chi connectivity index (χ0n) is 9.90. The van der Waals surface area contributed by atoms with E-state index in [4.69, 9.17) is 4.74 Å². The number of carbonyl (C=O) groups is 2. The van der Waals surface area contributed by atoms with Gasteiger partial charge in [0.25, 0.3) is 0 Å². The van der Waals surface area contributed by atoms with Crippen molar-refractivity contribution in [2.24, 2.45) is 0 Å². The molecule has 2 amide bonds. The van der Waals surface area contributed by atoms with Crippen LogP contribution < -0.4 is 5.32 Å². The zero-order valence-corrected chi connectivity index (χ0v) is 11.5. The van der Waals surface area contributed by atoms with Crippen LogP contribution in [0.1, 0.15) is 12.5 Å². The third-order valence-corrected chi connectivity index (χ3v) is 3.36. The quantitative estimate of drug-likeness (QED) is 0.872. The second kappa shape index (κ2) is 5.39. The van der Waals surface area contributed by atoms with Gasteiger partial charge in [0.05, 0.1) is 13.2 Å². The smallest absolute Gasteiger partial charge is 0.325 e. The molecule has 0 saturated carbocycles. The van der Waals surface area contributed by atoms with Crippen LogP contribution in [0.4, 0.5) is 10.5 Å². The number of halogens is 1. The molecule has 0 spiro atoms. The Morgan fingerprint density at radius 1 is 1.56 bits per heavy atom. The summed E-state index contributed by atoms with van der Waals surface area (Å²) in [5.74, 6) is -0.400. The van der Waals surface area contributed by atoms with Gasteiger partial charge in [-0.3, -0.25) is 4.79 Å². The molecule has 0 aliphatic carbocycles. The van der Waals surface area contributed by atoms with E-state index in [1.807, 2.05) is 18.2 Å². The molecule has 0 bridgehead atoms. The van der Waals surface area contributed by atoms with Gasteiger partial charge in [0.15, 0.2) is 0 Å². The van der Waals surface area contributed by atoms with Gasteiger partial charge in [-0.25, -0.2) is 4.79 Å². The number of urea groups is 1. The Balaban J connectivity index is 2.15. The molecule has 96 valence electrons. The highest BCUT2D eigenvalue weighted by Crippen LogP contribution is 2.29. The number of hydrogen-bond acceptors (Lipinski definition) is 3. The summed E-state index contributed by atoms with van der Waals surface area (Å²) in [5.41, 5.74) is 1.73. The van der Waals surface area contributed by atoms with E-state index in [2.05, 4.69) is 21.2 Å². The van der Waals surface area contributed by atoms with Crippen LogP contribution in [0, 0.1) is 0 Å². The van der Waals surface area contributed by atoms with Gasteiger partial charge in [0.1, 0.15) is 6.54 Å². The molecule has 1 aromatic rings. The summed E-state index contributed by atoms with van der Waals surface area (Å²) in [6.07, 6.45) is 0. The first-order valence-corrected chi connectivity index (χ1v) is 6.40. The fraction of sp³-hybridized carbons (Fsp3) is 0.333. The molecule has 0 radical (unpaired) electrons. The number of esters is 1. The van der Waals surface area contributed by atoms with Gasteiger partial charge in [0.2, 0.25) is 0 Å². The maximum atomic E-state index is 11.8. The lowest BCUT2D eigenvalue weighted by Crippen LogP contribution is -2.42. The molecule has 1 aromatic carbocycles. The fourth-order valence-corrected chi connectivity index (χ4v) is 2.28. The molecule has 0 unspecified atom stereocenters. The second-order valence-electron chi connectivity index (χ2n) is 3.86. The Kier molecular flexibility index (Phi) is 3.86. The summed E-state index contributed by atoms with van der Waals surface area (Å²) in [6.45, 7) is 2.40. The van der Waals surface area contributed by atoms with E-state index >= 15 is 0 Å². The minimum absolute atomic E-state index is 0.0412. The monoisotopic (exact) mass is 312 g/mol.